The first-order valence-corrected chi connectivity index (χ1v) is 12.4. The molecule has 0 aliphatic carbocycles. The van der Waals surface area contributed by atoms with Gasteiger partial charge in [0, 0.05) is 55.8 Å². The van der Waals surface area contributed by atoms with Crippen LogP contribution in [-0.2, 0) is 9.59 Å². The number of rotatable bonds is 6. The molecule has 0 bridgehead atoms. The lowest BCUT2D eigenvalue weighted by atomic mass is 9.82. The molecule has 4 rings (SSSR count). The number of piperidine rings is 1. The van der Waals surface area contributed by atoms with Gasteiger partial charge >= 0.3 is 6.09 Å². The molecule has 0 saturated carbocycles. The van der Waals surface area contributed by atoms with Gasteiger partial charge in [0.2, 0.25) is 5.91 Å². The number of carbonyl (C=O) groups is 3. The van der Waals surface area contributed by atoms with Crippen molar-refractivity contribution in [2.24, 2.45) is 11.8 Å². The number of benzene rings is 1. The third-order valence-electron chi connectivity index (χ3n) is 7.31. The molecule has 186 valence electrons. The number of hydrogen-bond acceptors (Lipinski definition) is 5. The van der Waals surface area contributed by atoms with Gasteiger partial charge in [0.25, 0.3) is 0 Å². The van der Waals surface area contributed by atoms with E-state index in [9.17, 15) is 19.5 Å². The molecule has 2 fully saturated rings. The molecule has 3 heterocycles. The summed E-state index contributed by atoms with van der Waals surface area (Å²) in [5.41, 5.74) is 0.947. The normalized spacial score (nSPS) is 24.3. The average Bonchev–Trinajstić information content (AvgIpc) is 3.29. The molecule has 2 aromatic rings. The maximum Gasteiger partial charge on any atom is 0.407 e. The van der Waals surface area contributed by atoms with Crippen LogP contribution in [-0.4, -0.2) is 76.4 Å². The van der Waals surface area contributed by atoms with Gasteiger partial charge in [-0.05, 0) is 50.1 Å². The third-order valence-corrected chi connectivity index (χ3v) is 7.56. The molecule has 0 spiro atoms. The number of Topliss-reactive ketones (excluding diaryl/α,β-unsaturated/α-hetero) is 1. The fourth-order valence-electron chi connectivity index (χ4n) is 5.47. The molecule has 35 heavy (non-hydrogen) atoms. The van der Waals surface area contributed by atoms with Gasteiger partial charge in [-0.15, -0.1) is 0 Å². The minimum Gasteiger partial charge on any atom is -0.465 e. The first kappa shape index (κ1) is 25.0. The fraction of sp³-hybridized carbons (Fsp3) is 0.462. The smallest absolute Gasteiger partial charge is 0.407 e. The van der Waals surface area contributed by atoms with E-state index in [1.54, 1.807) is 37.1 Å². The lowest BCUT2D eigenvalue weighted by Gasteiger charge is -2.38. The van der Waals surface area contributed by atoms with Gasteiger partial charge in [0.05, 0.1) is 12.0 Å². The predicted octanol–water partition coefficient (Wildman–Crippen LogP) is 3.76. The largest absolute Gasteiger partial charge is 0.465 e. The van der Waals surface area contributed by atoms with Crippen LogP contribution in [0.4, 0.5) is 10.6 Å². The number of carboxylic acid groups (broad SMARTS) is 1. The molecule has 2 saturated heterocycles. The van der Waals surface area contributed by atoms with Gasteiger partial charge in [-0.25, -0.2) is 9.78 Å². The Morgan fingerprint density at radius 2 is 1.83 bits per heavy atom. The molecule has 2 aliphatic heterocycles. The Kier molecular flexibility index (Phi) is 7.60. The summed E-state index contributed by atoms with van der Waals surface area (Å²) in [7, 11) is 0. The molecule has 2 amide bonds. The summed E-state index contributed by atoms with van der Waals surface area (Å²) in [5.74, 6) is -0.334. The van der Waals surface area contributed by atoms with E-state index in [1.807, 2.05) is 30.3 Å². The van der Waals surface area contributed by atoms with Crippen LogP contribution in [0.2, 0.25) is 5.02 Å². The summed E-state index contributed by atoms with van der Waals surface area (Å²) in [6.07, 6.45) is 1.26. The molecule has 2 unspecified atom stereocenters. The van der Waals surface area contributed by atoms with E-state index >= 15 is 0 Å². The van der Waals surface area contributed by atoms with E-state index in [2.05, 4.69) is 9.88 Å². The van der Waals surface area contributed by atoms with E-state index in [0.717, 1.165) is 11.4 Å². The number of anilines is 1. The highest BCUT2D eigenvalue weighted by atomic mass is 35.5. The first-order chi connectivity index (χ1) is 16.8. The van der Waals surface area contributed by atoms with Crippen molar-refractivity contribution in [3.05, 3.63) is 59.2 Å². The molecule has 0 radical (unpaired) electrons. The molecule has 4 atom stereocenters. The number of likely N-dealkylation sites (tertiary alicyclic amines) is 1. The third kappa shape index (κ3) is 5.27. The van der Waals surface area contributed by atoms with Crippen molar-refractivity contribution in [1.29, 1.82) is 0 Å². The number of aromatic nitrogens is 1. The van der Waals surface area contributed by atoms with Gasteiger partial charge in [0.15, 0.2) is 0 Å². The SMILES string of the molecule is CCN(C(=O)O)[C@H]1CN(C(=O)C2CCN(c3ccccn3)CC2C(C)=O)C[C@@H]1c1ccc(Cl)cc1. The van der Waals surface area contributed by atoms with Gasteiger partial charge in [-0.2, -0.15) is 0 Å². The zero-order chi connectivity index (χ0) is 25.1. The Balaban J connectivity index is 1.56. The summed E-state index contributed by atoms with van der Waals surface area (Å²) in [5, 5.41) is 10.4. The first-order valence-electron chi connectivity index (χ1n) is 12.0. The summed E-state index contributed by atoms with van der Waals surface area (Å²) in [6, 6.07) is 12.7. The number of nitrogens with zero attached hydrogens (tertiary/aromatic N) is 4. The van der Waals surface area contributed by atoms with Crippen LogP contribution in [0.3, 0.4) is 0 Å². The van der Waals surface area contributed by atoms with Crippen LogP contribution in [0.5, 0.6) is 0 Å². The zero-order valence-electron chi connectivity index (χ0n) is 20.0. The quantitative estimate of drug-likeness (QED) is 0.651. The van der Waals surface area contributed by atoms with Crippen LogP contribution >= 0.6 is 11.6 Å². The molecule has 2 aliphatic rings. The molecular weight excluding hydrogens is 468 g/mol. The molecule has 8 nitrogen and oxygen atoms in total. The van der Waals surface area contributed by atoms with Crippen molar-refractivity contribution >= 4 is 35.2 Å². The Labute approximate surface area is 210 Å². The Bertz CT molecular complexity index is 1060. The van der Waals surface area contributed by atoms with E-state index in [-0.39, 0.29) is 23.7 Å². The Hall–Kier alpha value is -3.13. The number of likely N-dealkylation sites (N-methyl/N-ethyl adjacent to an activating group) is 1. The summed E-state index contributed by atoms with van der Waals surface area (Å²) in [4.78, 5) is 48.0. The van der Waals surface area contributed by atoms with Crippen LogP contribution in [0.15, 0.2) is 48.7 Å². The van der Waals surface area contributed by atoms with Crippen LogP contribution in [0.25, 0.3) is 0 Å². The molecule has 9 heteroatoms. The lowest BCUT2D eigenvalue weighted by Crippen LogP contribution is -2.50. The van der Waals surface area contributed by atoms with E-state index in [4.69, 9.17) is 11.6 Å². The van der Waals surface area contributed by atoms with Gasteiger partial charge in [0.1, 0.15) is 11.6 Å². The number of pyridine rings is 1. The number of ketones is 1. The predicted molar refractivity (Wildman–Crippen MR) is 134 cm³/mol. The number of amides is 2. The standard InChI is InChI=1S/C26H31ClN4O4/c1-3-31(26(34)35)23-16-30(15-22(23)18-7-9-19(27)10-8-18)25(33)20-11-13-29(14-21(20)17(2)32)24-6-4-5-12-28-24/h4-10,12,20-23H,3,11,13-16H2,1-2H3,(H,34,35)/t20?,21?,22-,23+/m1/s1. The minimum absolute atomic E-state index is 0.0188. The number of halogens is 1. The number of carbonyl (C=O) groups excluding carboxylic acids is 2. The molecular formula is C26H31ClN4O4. The van der Waals surface area contributed by atoms with Crippen LogP contribution in [0.1, 0.15) is 31.7 Å². The van der Waals surface area contributed by atoms with E-state index in [0.29, 0.717) is 44.2 Å². The molecule has 1 aromatic carbocycles. The van der Waals surface area contributed by atoms with Crippen LogP contribution < -0.4 is 4.90 Å². The minimum atomic E-state index is -1.00. The summed E-state index contributed by atoms with van der Waals surface area (Å²) in [6.45, 7) is 5.44. The van der Waals surface area contributed by atoms with Gasteiger partial charge in [-0.1, -0.05) is 29.8 Å². The lowest BCUT2D eigenvalue weighted by molar-refractivity contribution is -0.140. The van der Waals surface area contributed by atoms with Crippen molar-refractivity contribution < 1.29 is 19.5 Å². The highest BCUT2D eigenvalue weighted by Crippen LogP contribution is 2.35. The Morgan fingerprint density at radius 3 is 2.43 bits per heavy atom. The average molecular weight is 499 g/mol. The van der Waals surface area contributed by atoms with E-state index < -0.39 is 17.9 Å². The summed E-state index contributed by atoms with van der Waals surface area (Å²) >= 11 is 6.07. The van der Waals surface area contributed by atoms with Gasteiger partial charge in [-0.3, -0.25) is 9.59 Å². The second-order valence-electron chi connectivity index (χ2n) is 9.28. The molecule has 1 N–H and O–H groups in total. The van der Waals surface area contributed by atoms with E-state index in [1.165, 1.54) is 4.90 Å². The highest BCUT2D eigenvalue weighted by molar-refractivity contribution is 6.30. The highest BCUT2D eigenvalue weighted by Gasteiger charge is 2.45. The molecule has 1 aromatic heterocycles. The monoisotopic (exact) mass is 498 g/mol. The second kappa shape index (κ2) is 10.6. The van der Waals surface area contributed by atoms with Crippen molar-refractivity contribution in [3.63, 3.8) is 0 Å². The topological polar surface area (TPSA) is 94.1 Å². The van der Waals surface area contributed by atoms with Crippen molar-refractivity contribution in [1.82, 2.24) is 14.8 Å². The van der Waals surface area contributed by atoms with Crippen molar-refractivity contribution in [3.8, 4) is 0 Å². The van der Waals surface area contributed by atoms with Crippen molar-refractivity contribution in [2.45, 2.75) is 32.2 Å². The summed E-state index contributed by atoms with van der Waals surface area (Å²) < 4.78 is 0. The second-order valence-corrected chi connectivity index (χ2v) is 9.72. The number of hydrogen-bond donors (Lipinski definition) is 1. The van der Waals surface area contributed by atoms with Gasteiger partial charge < -0.3 is 19.8 Å². The maximum atomic E-state index is 13.8. The fourth-order valence-corrected chi connectivity index (χ4v) is 5.60. The Morgan fingerprint density at radius 1 is 1.09 bits per heavy atom. The van der Waals surface area contributed by atoms with Crippen molar-refractivity contribution in [2.75, 3.05) is 37.6 Å². The zero-order valence-corrected chi connectivity index (χ0v) is 20.8. The maximum absolute atomic E-state index is 13.8. The van der Waals surface area contributed by atoms with Crippen LogP contribution in [0, 0.1) is 11.8 Å².